The van der Waals surface area contributed by atoms with Crippen molar-refractivity contribution in [2.24, 2.45) is 0 Å². The van der Waals surface area contributed by atoms with E-state index in [2.05, 4.69) is 33.3 Å². The van der Waals surface area contributed by atoms with Gasteiger partial charge in [-0.25, -0.2) is 9.97 Å². The maximum Gasteiger partial charge on any atom is 0.143 e. The lowest BCUT2D eigenvalue weighted by Crippen LogP contribution is -2.02. The SMILES string of the molecule is CC/C=C(\C/C=C(/Cl)CCl)Nc1ncnc2[nH]c(-c3ccc(OC)cc3)cc12. The maximum atomic E-state index is 6.03. The van der Waals surface area contributed by atoms with Crippen molar-refractivity contribution >= 4 is 40.1 Å². The minimum atomic E-state index is 0.307. The number of rotatable bonds is 8. The number of nitrogens with zero attached hydrogens (tertiary/aromatic N) is 2. The van der Waals surface area contributed by atoms with Gasteiger partial charge in [0, 0.05) is 22.8 Å². The number of hydrogen-bond acceptors (Lipinski definition) is 4. The van der Waals surface area contributed by atoms with Crippen LogP contribution in [-0.2, 0) is 0 Å². The Hall–Kier alpha value is -2.50. The van der Waals surface area contributed by atoms with E-state index in [0.29, 0.717) is 17.3 Å². The van der Waals surface area contributed by atoms with Crippen molar-refractivity contribution in [2.45, 2.75) is 19.8 Å². The first-order valence-corrected chi connectivity index (χ1v) is 9.90. The van der Waals surface area contributed by atoms with Crippen LogP contribution in [0.2, 0.25) is 0 Å². The first-order chi connectivity index (χ1) is 13.6. The van der Waals surface area contributed by atoms with Gasteiger partial charge in [-0.2, -0.15) is 0 Å². The molecule has 2 heterocycles. The lowest BCUT2D eigenvalue weighted by molar-refractivity contribution is 0.415. The van der Waals surface area contributed by atoms with Crippen LogP contribution >= 0.6 is 23.2 Å². The van der Waals surface area contributed by atoms with Gasteiger partial charge in [0.25, 0.3) is 0 Å². The Bertz CT molecular complexity index is 993. The molecule has 0 fully saturated rings. The van der Waals surface area contributed by atoms with Crippen LogP contribution in [0.4, 0.5) is 5.82 Å². The third-order valence-corrected chi connectivity index (χ3v) is 4.94. The molecule has 0 radical (unpaired) electrons. The van der Waals surface area contributed by atoms with Gasteiger partial charge in [-0.1, -0.05) is 30.7 Å². The predicted octanol–water partition coefficient (Wildman–Crippen LogP) is 6.09. The maximum absolute atomic E-state index is 6.03. The summed E-state index contributed by atoms with van der Waals surface area (Å²) in [6.45, 7) is 2.09. The molecule has 0 aliphatic heterocycles. The van der Waals surface area contributed by atoms with E-state index >= 15 is 0 Å². The van der Waals surface area contributed by atoms with Crippen molar-refractivity contribution in [3.05, 3.63) is 59.5 Å². The summed E-state index contributed by atoms with van der Waals surface area (Å²) >= 11 is 11.8. The van der Waals surface area contributed by atoms with Crippen molar-refractivity contribution in [2.75, 3.05) is 18.3 Å². The standard InChI is InChI=1S/C21H22Cl2N4O/c1-3-4-16(8-7-15(23)12-22)26-20-18-11-19(27-21(18)25-13-24-20)14-5-9-17(28-2)10-6-14/h4-7,9-11,13H,3,8,12H2,1-2H3,(H2,24,25,26,27)/b15-7+,16-4+. The molecule has 0 spiro atoms. The minimum Gasteiger partial charge on any atom is -0.497 e. The van der Waals surface area contributed by atoms with Crippen LogP contribution in [0.25, 0.3) is 22.3 Å². The molecule has 0 unspecified atom stereocenters. The lowest BCUT2D eigenvalue weighted by atomic mass is 10.1. The summed E-state index contributed by atoms with van der Waals surface area (Å²) in [5.41, 5.74) is 3.80. The zero-order valence-corrected chi connectivity index (χ0v) is 17.3. The van der Waals surface area contributed by atoms with E-state index in [-0.39, 0.29) is 0 Å². The molecular formula is C21H22Cl2N4O. The van der Waals surface area contributed by atoms with Gasteiger partial charge in [-0.3, -0.25) is 0 Å². The normalized spacial score (nSPS) is 12.4. The molecule has 2 aromatic heterocycles. The number of benzene rings is 1. The molecule has 3 aromatic rings. The molecular weight excluding hydrogens is 395 g/mol. The first-order valence-electron chi connectivity index (χ1n) is 8.99. The van der Waals surface area contributed by atoms with Crippen molar-refractivity contribution in [3.63, 3.8) is 0 Å². The number of fused-ring (bicyclic) bond motifs is 1. The lowest BCUT2D eigenvalue weighted by Gasteiger charge is -2.09. The number of methoxy groups -OCH3 is 1. The molecule has 0 saturated carbocycles. The van der Waals surface area contributed by atoms with E-state index < -0.39 is 0 Å². The number of allylic oxidation sites excluding steroid dienone is 3. The number of ether oxygens (including phenoxy) is 1. The van der Waals surface area contributed by atoms with Crippen LogP contribution in [0.5, 0.6) is 5.75 Å². The summed E-state index contributed by atoms with van der Waals surface area (Å²) in [7, 11) is 1.66. The van der Waals surface area contributed by atoms with Gasteiger partial charge in [0.1, 0.15) is 23.5 Å². The van der Waals surface area contributed by atoms with Crippen LogP contribution in [0, 0.1) is 0 Å². The van der Waals surface area contributed by atoms with Crippen LogP contribution in [-0.4, -0.2) is 27.9 Å². The van der Waals surface area contributed by atoms with Gasteiger partial charge in [0.05, 0.1) is 18.4 Å². The van der Waals surface area contributed by atoms with Crippen LogP contribution in [0.15, 0.2) is 59.5 Å². The molecule has 0 atom stereocenters. The molecule has 0 bridgehead atoms. The van der Waals surface area contributed by atoms with Crippen LogP contribution < -0.4 is 10.1 Å². The van der Waals surface area contributed by atoms with Gasteiger partial charge in [0.2, 0.25) is 0 Å². The second kappa shape index (κ2) is 9.62. The van der Waals surface area contributed by atoms with E-state index in [0.717, 1.165) is 46.0 Å². The van der Waals surface area contributed by atoms with Gasteiger partial charge in [0.15, 0.2) is 0 Å². The van der Waals surface area contributed by atoms with E-state index in [1.165, 1.54) is 0 Å². The Kier molecular flexibility index (Phi) is 6.95. The average Bonchev–Trinajstić information content (AvgIpc) is 3.17. The van der Waals surface area contributed by atoms with Crippen molar-refractivity contribution < 1.29 is 4.74 Å². The number of aromatic nitrogens is 3. The highest BCUT2D eigenvalue weighted by molar-refractivity contribution is 6.35. The van der Waals surface area contributed by atoms with Gasteiger partial charge in [-0.15, -0.1) is 11.6 Å². The van der Waals surface area contributed by atoms with E-state index in [9.17, 15) is 0 Å². The zero-order valence-electron chi connectivity index (χ0n) is 15.8. The Morgan fingerprint density at radius 2 is 2.00 bits per heavy atom. The van der Waals surface area contributed by atoms with Crippen molar-refractivity contribution in [3.8, 4) is 17.0 Å². The van der Waals surface area contributed by atoms with Crippen molar-refractivity contribution in [1.29, 1.82) is 0 Å². The van der Waals surface area contributed by atoms with E-state index in [4.69, 9.17) is 27.9 Å². The van der Waals surface area contributed by atoms with E-state index in [1.807, 2.05) is 36.4 Å². The summed E-state index contributed by atoms with van der Waals surface area (Å²) in [6, 6.07) is 9.92. The largest absolute Gasteiger partial charge is 0.497 e. The average molecular weight is 417 g/mol. The molecule has 28 heavy (non-hydrogen) atoms. The molecule has 1 aromatic carbocycles. The topological polar surface area (TPSA) is 62.8 Å². The summed E-state index contributed by atoms with van der Waals surface area (Å²) in [5.74, 6) is 1.87. The fraction of sp³-hybridized carbons (Fsp3) is 0.238. The monoisotopic (exact) mass is 416 g/mol. The molecule has 3 rings (SSSR count). The first kappa shape index (κ1) is 20.2. The molecule has 0 aliphatic rings. The Labute approximate surface area is 174 Å². The number of halogens is 2. The number of alkyl halides is 1. The molecule has 5 nitrogen and oxygen atoms in total. The van der Waals surface area contributed by atoms with Gasteiger partial charge in [-0.05, 0) is 42.3 Å². The highest BCUT2D eigenvalue weighted by Gasteiger charge is 2.10. The fourth-order valence-corrected chi connectivity index (χ4v) is 3.01. The highest BCUT2D eigenvalue weighted by atomic mass is 35.5. The van der Waals surface area contributed by atoms with Crippen LogP contribution in [0.1, 0.15) is 19.8 Å². The van der Waals surface area contributed by atoms with Gasteiger partial charge >= 0.3 is 0 Å². The summed E-state index contributed by atoms with van der Waals surface area (Å²) in [6.07, 6.45) is 7.11. The minimum absolute atomic E-state index is 0.307. The van der Waals surface area contributed by atoms with E-state index in [1.54, 1.807) is 13.4 Å². The number of nitrogens with one attached hydrogen (secondary N) is 2. The van der Waals surface area contributed by atoms with Crippen LogP contribution in [0.3, 0.4) is 0 Å². The second-order valence-electron chi connectivity index (χ2n) is 6.15. The molecule has 146 valence electrons. The molecule has 2 N–H and O–H groups in total. The number of aromatic amines is 1. The summed E-state index contributed by atoms with van der Waals surface area (Å²) < 4.78 is 5.23. The molecule has 0 aliphatic carbocycles. The quantitative estimate of drug-likeness (QED) is 0.436. The fourth-order valence-electron chi connectivity index (χ4n) is 2.82. The number of H-pyrrole nitrogens is 1. The Morgan fingerprint density at radius 1 is 1.21 bits per heavy atom. The molecule has 0 saturated heterocycles. The summed E-state index contributed by atoms with van der Waals surface area (Å²) in [5, 5.41) is 4.95. The molecule has 7 heteroatoms. The Morgan fingerprint density at radius 3 is 2.68 bits per heavy atom. The zero-order chi connectivity index (χ0) is 19.9. The third kappa shape index (κ3) is 4.86. The predicted molar refractivity (Wildman–Crippen MR) is 117 cm³/mol. The Balaban J connectivity index is 1.90. The van der Waals surface area contributed by atoms with Crippen molar-refractivity contribution in [1.82, 2.24) is 15.0 Å². The number of hydrogen-bond donors (Lipinski definition) is 2. The van der Waals surface area contributed by atoms with Gasteiger partial charge < -0.3 is 15.0 Å². The summed E-state index contributed by atoms with van der Waals surface area (Å²) in [4.78, 5) is 12.1. The number of anilines is 1. The third-order valence-electron chi connectivity index (χ3n) is 4.23. The molecule has 0 amide bonds. The second-order valence-corrected chi connectivity index (χ2v) is 6.90. The smallest absolute Gasteiger partial charge is 0.143 e. The highest BCUT2D eigenvalue weighted by Crippen LogP contribution is 2.28.